The molecule has 0 aliphatic carbocycles. The number of hydrogen-bond acceptors (Lipinski definition) is 1. The Morgan fingerprint density at radius 3 is 2.90 bits per heavy atom. The second-order valence-electron chi connectivity index (χ2n) is 2.31. The highest BCUT2D eigenvalue weighted by Crippen LogP contribution is 2.22. The Morgan fingerprint density at radius 2 is 2.10 bits per heavy atom. The average molecular weight is 148 g/mol. The molecule has 1 aliphatic heterocycles. The van der Waals surface area contributed by atoms with Crippen molar-refractivity contribution >= 4 is 22.9 Å². The Bertz CT molecular complexity index is 253. The molecule has 1 aromatic rings. The van der Waals surface area contributed by atoms with Crippen molar-refractivity contribution in [2.75, 3.05) is 0 Å². The molecule has 0 spiro atoms. The van der Waals surface area contributed by atoms with Crippen molar-refractivity contribution < 1.29 is 0 Å². The highest BCUT2D eigenvalue weighted by atomic mass is 32.1. The van der Waals surface area contributed by atoms with Gasteiger partial charge < -0.3 is 0 Å². The van der Waals surface area contributed by atoms with Gasteiger partial charge in [0.2, 0.25) is 0 Å². The Morgan fingerprint density at radius 1 is 1.30 bits per heavy atom. The zero-order valence-electron chi connectivity index (χ0n) is 5.37. The van der Waals surface area contributed by atoms with Gasteiger partial charge in [0.25, 0.3) is 0 Å². The fourth-order valence-corrected chi connectivity index (χ4v) is 1.36. The van der Waals surface area contributed by atoms with Crippen molar-refractivity contribution in [2.45, 2.75) is 6.42 Å². The van der Waals surface area contributed by atoms with Gasteiger partial charge in [-0.05, 0) is 11.6 Å². The predicted octanol–water partition coefficient (Wildman–Crippen LogP) is 1.81. The summed E-state index contributed by atoms with van der Waals surface area (Å²) in [7, 11) is 0. The summed E-state index contributed by atoms with van der Waals surface area (Å²) in [5, 5.41) is 4.18. The van der Waals surface area contributed by atoms with Gasteiger partial charge in [-0.1, -0.05) is 30.4 Å². The first-order valence-electron chi connectivity index (χ1n) is 3.19. The van der Waals surface area contributed by atoms with Crippen LogP contribution in [0.15, 0.2) is 24.3 Å². The molecule has 1 heterocycles. The van der Waals surface area contributed by atoms with E-state index in [4.69, 9.17) is 12.2 Å². The maximum absolute atomic E-state index is 4.96. The van der Waals surface area contributed by atoms with E-state index < -0.39 is 0 Å². The monoisotopic (exact) mass is 148 g/mol. The minimum absolute atomic E-state index is 0.807. The highest BCUT2D eigenvalue weighted by Gasteiger charge is 2.14. The normalized spacial score (nSPS) is 14.6. The quantitative estimate of drug-likeness (QED) is 0.512. The summed E-state index contributed by atoms with van der Waals surface area (Å²) in [5.74, 6) is 0. The van der Waals surface area contributed by atoms with E-state index >= 15 is 0 Å². The van der Waals surface area contributed by atoms with E-state index in [1.807, 2.05) is 18.2 Å². The van der Waals surface area contributed by atoms with Crippen molar-refractivity contribution in [1.82, 2.24) is 5.32 Å². The number of rotatable bonds is 0. The standard InChI is InChI=1S/C8H6NS/c10-8-5-6-3-1-2-4-7(6)9-8/h1-4H,5H2. The number of fused-ring (bicyclic) bond motifs is 1. The lowest BCUT2D eigenvalue weighted by Gasteiger charge is -1.91. The molecule has 0 aromatic heterocycles. The van der Waals surface area contributed by atoms with Crippen LogP contribution in [0.2, 0.25) is 0 Å². The molecule has 0 saturated heterocycles. The summed E-state index contributed by atoms with van der Waals surface area (Å²) in [4.78, 5) is 0.807. The molecular formula is C8H6NS. The van der Waals surface area contributed by atoms with Gasteiger partial charge >= 0.3 is 0 Å². The Kier molecular flexibility index (Phi) is 1.21. The summed E-state index contributed by atoms with van der Waals surface area (Å²) < 4.78 is 0. The van der Waals surface area contributed by atoms with Crippen LogP contribution in [0.1, 0.15) is 5.56 Å². The molecule has 0 amide bonds. The lowest BCUT2D eigenvalue weighted by molar-refractivity contribution is 1.33. The molecule has 0 bridgehead atoms. The van der Waals surface area contributed by atoms with E-state index in [1.165, 1.54) is 5.56 Å². The Balaban J connectivity index is 2.51. The second-order valence-corrected chi connectivity index (χ2v) is 2.78. The fourth-order valence-electron chi connectivity index (χ4n) is 1.11. The van der Waals surface area contributed by atoms with E-state index in [-0.39, 0.29) is 0 Å². The van der Waals surface area contributed by atoms with Gasteiger partial charge in [0.05, 0.1) is 5.69 Å². The van der Waals surface area contributed by atoms with Crippen LogP contribution >= 0.6 is 12.2 Å². The molecule has 1 radical (unpaired) electrons. The zero-order valence-corrected chi connectivity index (χ0v) is 6.19. The summed E-state index contributed by atoms with van der Waals surface area (Å²) in [5.41, 5.74) is 2.31. The maximum Gasteiger partial charge on any atom is 0.108 e. The van der Waals surface area contributed by atoms with Gasteiger partial charge in [-0.3, -0.25) is 0 Å². The van der Waals surface area contributed by atoms with Crippen LogP contribution in [0.25, 0.3) is 0 Å². The number of para-hydroxylation sites is 1. The smallest absolute Gasteiger partial charge is 0.108 e. The average Bonchev–Trinajstić information content (AvgIpc) is 2.27. The summed E-state index contributed by atoms with van der Waals surface area (Å²) >= 11 is 4.96. The zero-order chi connectivity index (χ0) is 6.97. The summed E-state index contributed by atoms with van der Waals surface area (Å²) in [6.07, 6.45) is 0.853. The minimum Gasteiger partial charge on any atom is -0.241 e. The first-order chi connectivity index (χ1) is 4.86. The van der Waals surface area contributed by atoms with Crippen LogP contribution in [-0.2, 0) is 6.42 Å². The SMILES string of the molecule is S=C1Cc2ccccc2[N]1. The number of thiocarbonyl (C=S) groups is 1. The van der Waals surface area contributed by atoms with Crippen molar-refractivity contribution in [1.29, 1.82) is 0 Å². The van der Waals surface area contributed by atoms with Gasteiger partial charge in [-0.15, -0.1) is 0 Å². The van der Waals surface area contributed by atoms with Crippen LogP contribution < -0.4 is 5.32 Å². The lowest BCUT2D eigenvalue weighted by Crippen LogP contribution is -1.98. The molecule has 10 heavy (non-hydrogen) atoms. The largest absolute Gasteiger partial charge is 0.241 e. The van der Waals surface area contributed by atoms with E-state index in [1.54, 1.807) is 0 Å². The molecule has 1 nitrogen and oxygen atoms in total. The van der Waals surface area contributed by atoms with E-state index in [0.29, 0.717) is 0 Å². The molecule has 2 heteroatoms. The third-order valence-electron chi connectivity index (χ3n) is 1.58. The van der Waals surface area contributed by atoms with E-state index in [2.05, 4.69) is 11.4 Å². The summed E-state index contributed by atoms with van der Waals surface area (Å²) in [6, 6.07) is 8.06. The number of hydrogen-bond donors (Lipinski definition) is 0. The molecule has 49 valence electrons. The van der Waals surface area contributed by atoms with Gasteiger partial charge in [-0.25, -0.2) is 5.32 Å². The second kappa shape index (κ2) is 2.06. The van der Waals surface area contributed by atoms with Crippen LogP contribution in [-0.4, -0.2) is 4.99 Å². The topological polar surface area (TPSA) is 14.1 Å². The van der Waals surface area contributed by atoms with Crippen molar-refractivity contribution in [2.24, 2.45) is 0 Å². The molecule has 0 saturated carbocycles. The molecule has 0 fully saturated rings. The molecule has 1 aromatic carbocycles. The lowest BCUT2D eigenvalue weighted by atomic mass is 10.2. The summed E-state index contributed by atoms with van der Waals surface area (Å²) in [6.45, 7) is 0. The first-order valence-corrected chi connectivity index (χ1v) is 3.59. The number of nitrogens with zero attached hydrogens (tertiary/aromatic N) is 1. The van der Waals surface area contributed by atoms with E-state index in [9.17, 15) is 0 Å². The van der Waals surface area contributed by atoms with Gasteiger partial charge in [0, 0.05) is 6.42 Å². The van der Waals surface area contributed by atoms with Crippen molar-refractivity contribution in [3.63, 3.8) is 0 Å². The van der Waals surface area contributed by atoms with E-state index in [0.717, 1.165) is 17.1 Å². The molecular weight excluding hydrogens is 142 g/mol. The van der Waals surface area contributed by atoms with Crippen molar-refractivity contribution in [3.8, 4) is 0 Å². The third kappa shape index (κ3) is 0.809. The van der Waals surface area contributed by atoms with Crippen molar-refractivity contribution in [3.05, 3.63) is 29.8 Å². The molecule has 0 N–H and O–H groups in total. The maximum atomic E-state index is 4.96. The predicted molar refractivity (Wildman–Crippen MR) is 44.5 cm³/mol. The Labute approximate surface area is 65.1 Å². The highest BCUT2D eigenvalue weighted by molar-refractivity contribution is 7.80. The van der Waals surface area contributed by atoms with Crippen LogP contribution in [0.4, 0.5) is 5.69 Å². The molecule has 0 atom stereocenters. The molecule has 2 rings (SSSR count). The minimum atomic E-state index is 0.807. The molecule has 1 aliphatic rings. The van der Waals surface area contributed by atoms with Crippen LogP contribution in [0.5, 0.6) is 0 Å². The third-order valence-corrected chi connectivity index (χ3v) is 1.81. The number of benzene rings is 1. The first kappa shape index (κ1) is 5.86. The van der Waals surface area contributed by atoms with Gasteiger partial charge in [0.15, 0.2) is 0 Å². The van der Waals surface area contributed by atoms with Gasteiger partial charge in [-0.2, -0.15) is 0 Å². The fraction of sp³-hybridized carbons (Fsp3) is 0.125. The van der Waals surface area contributed by atoms with Crippen LogP contribution in [0, 0.1) is 0 Å². The van der Waals surface area contributed by atoms with Crippen LogP contribution in [0.3, 0.4) is 0 Å². The molecule has 0 unspecified atom stereocenters. The Hall–Kier alpha value is -0.890. The van der Waals surface area contributed by atoms with Gasteiger partial charge in [0.1, 0.15) is 4.99 Å².